The van der Waals surface area contributed by atoms with E-state index in [9.17, 15) is 4.79 Å². The molecule has 0 bridgehead atoms. The number of nitrogens with one attached hydrogen (secondary N) is 1. The molecule has 1 aliphatic heterocycles. The second kappa shape index (κ2) is 8.49. The first-order valence-electron chi connectivity index (χ1n) is 9.29. The zero-order valence-electron chi connectivity index (χ0n) is 15.7. The Hall–Kier alpha value is -2.78. The van der Waals surface area contributed by atoms with Crippen LogP contribution < -0.4 is 15.0 Å². The molecule has 1 N–H and O–H groups in total. The molecule has 1 fully saturated rings. The van der Waals surface area contributed by atoms with Crippen molar-refractivity contribution in [2.45, 2.75) is 6.92 Å². The lowest BCUT2D eigenvalue weighted by molar-refractivity contribution is -0.117. The molecule has 1 aromatic carbocycles. The number of aromatic nitrogens is 3. The summed E-state index contributed by atoms with van der Waals surface area (Å²) < 4.78 is 6.52. The van der Waals surface area contributed by atoms with E-state index in [0.29, 0.717) is 18.3 Å². The Morgan fingerprint density at radius 1 is 1.21 bits per heavy atom. The molecule has 3 heterocycles. The monoisotopic (exact) mass is 398 g/mol. The number of fused-ring (bicyclic) bond motifs is 1. The van der Waals surface area contributed by atoms with Crippen LogP contribution in [0.1, 0.15) is 6.92 Å². The highest BCUT2D eigenvalue weighted by Crippen LogP contribution is 2.29. The van der Waals surface area contributed by atoms with Gasteiger partial charge in [0, 0.05) is 38.6 Å². The van der Waals surface area contributed by atoms with Gasteiger partial charge in [-0.05, 0) is 31.2 Å². The lowest BCUT2D eigenvalue weighted by atomic mass is 10.3. The SMILES string of the molecule is CCOc1ccc2nc(NC(=O)CN3CCN(c4ncccn4)CC3)sc2c1. The zero-order valence-corrected chi connectivity index (χ0v) is 16.5. The normalized spacial score (nSPS) is 15.0. The molecular formula is C19H22N6O2S. The molecule has 2 aromatic heterocycles. The molecule has 0 aliphatic carbocycles. The number of hydrogen-bond donors (Lipinski definition) is 1. The number of carbonyl (C=O) groups excluding carboxylic acids is 1. The van der Waals surface area contributed by atoms with Gasteiger partial charge in [0.25, 0.3) is 0 Å². The van der Waals surface area contributed by atoms with Crippen LogP contribution in [-0.4, -0.2) is 65.1 Å². The zero-order chi connectivity index (χ0) is 19.3. The molecule has 0 unspecified atom stereocenters. The molecule has 146 valence electrons. The summed E-state index contributed by atoms with van der Waals surface area (Å²) in [6.45, 7) is 6.13. The minimum atomic E-state index is -0.0477. The highest BCUT2D eigenvalue weighted by Gasteiger charge is 2.21. The van der Waals surface area contributed by atoms with Crippen molar-refractivity contribution in [3.8, 4) is 5.75 Å². The Labute approximate surface area is 167 Å². The van der Waals surface area contributed by atoms with Crippen molar-refractivity contribution in [2.75, 3.05) is 49.5 Å². The summed E-state index contributed by atoms with van der Waals surface area (Å²) in [6.07, 6.45) is 3.50. The second-order valence-electron chi connectivity index (χ2n) is 6.44. The fraction of sp³-hybridized carbons (Fsp3) is 0.368. The highest BCUT2D eigenvalue weighted by atomic mass is 32.1. The molecule has 0 atom stereocenters. The Bertz CT molecular complexity index is 940. The fourth-order valence-electron chi connectivity index (χ4n) is 3.14. The number of thiazole rings is 1. The highest BCUT2D eigenvalue weighted by molar-refractivity contribution is 7.22. The molecule has 9 heteroatoms. The van der Waals surface area contributed by atoms with E-state index < -0.39 is 0 Å². The summed E-state index contributed by atoms with van der Waals surface area (Å²) in [5.41, 5.74) is 0.861. The summed E-state index contributed by atoms with van der Waals surface area (Å²) in [5, 5.41) is 3.54. The van der Waals surface area contributed by atoms with E-state index >= 15 is 0 Å². The Morgan fingerprint density at radius 3 is 2.75 bits per heavy atom. The van der Waals surface area contributed by atoms with Gasteiger partial charge < -0.3 is 15.0 Å². The third-order valence-electron chi connectivity index (χ3n) is 4.49. The van der Waals surface area contributed by atoms with Crippen molar-refractivity contribution in [1.82, 2.24) is 19.9 Å². The molecule has 0 spiro atoms. The van der Waals surface area contributed by atoms with E-state index in [2.05, 4.69) is 30.1 Å². The molecule has 28 heavy (non-hydrogen) atoms. The molecule has 0 radical (unpaired) electrons. The van der Waals surface area contributed by atoms with Crippen LogP contribution in [0.3, 0.4) is 0 Å². The van der Waals surface area contributed by atoms with Crippen LogP contribution in [0.15, 0.2) is 36.7 Å². The van der Waals surface area contributed by atoms with Crippen molar-refractivity contribution in [1.29, 1.82) is 0 Å². The number of rotatable bonds is 6. The van der Waals surface area contributed by atoms with Gasteiger partial charge in [0.05, 0.1) is 23.4 Å². The van der Waals surface area contributed by atoms with E-state index in [1.165, 1.54) is 11.3 Å². The van der Waals surface area contributed by atoms with Gasteiger partial charge in [-0.3, -0.25) is 9.69 Å². The van der Waals surface area contributed by atoms with Crippen LogP contribution in [0.2, 0.25) is 0 Å². The average molecular weight is 398 g/mol. The minimum absolute atomic E-state index is 0.0477. The average Bonchev–Trinajstić information content (AvgIpc) is 3.11. The van der Waals surface area contributed by atoms with Crippen LogP contribution in [-0.2, 0) is 4.79 Å². The van der Waals surface area contributed by atoms with Gasteiger partial charge in [-0.1, -0.05) is 11.3 Å². The van der Waals surface area contributed by atoms with Crippen molar-refractivity contribution < 1.29 is 9.53 Å². The maximum Gasteiger partial charge on any atom is 0.240 e. The molecule has 1 saturated heterocycles. The number of nitrogens with zero attached hydrogens (tertiary/aromatic N) is 5. The summed E-state index contributed by atoms with van der Waals surface area (Å²) in [6, 6.07) is 7.57. The van der Waals surface area contributed by atoms with E-state index in [1.54, 1.807) is 12.4 Å². The predicted octanol–water partition coefficient (Wildman–Crippen LogP) is 2.25. The summed E-state index contributed by atoms with van der Waals surface area (Å²) in [7, 11) is 0. The maximum absolute atomic E-state index is 12.4. The van der Waals surface area contributed by atoms with Crippen molar-refractivity contribution >= 4 is 38.5 Å². The molecule has 1 amide bonds. The van der Waals surface area contributed by atoms with Gasteiger partial charge in [-0.15, -0.1) is 0 Å². The van der Waals surface area contributed by atoms with Crippen LogP contribution in [0.4, 0.5) is 11.1 Å². The quantitative estimate of drug-likeness (QED) is 0.682. The van der Waals surface area contributed by atoms with E-state index in [-0.39, 0.29) is 5.91 Å². The third-order valence-corrected chi connectivity index (χ3v) is 5.43. The number of anilines is 2. The number of ether oxygens (including phenoxy) is 1. The maximum atomic E-state index is 12.4. The lowest BCUT2D eigenvalue weighted by Gasteiger charge is -2.34. The fourth-order valence-corrected chi connectivity index (χ4v) is 4.05. The van der Waals surface area contributed by atoms with Gasteiger partial charge in [-0.2, -0.15) is 0 Å². The van der Waals surface area contributed by atoms with Gasteiger partial charge >= 0.3 is 0 Å². The lowest BCUT2D eigenvalue weighted by Crippen LogP contribution is -2.49. The number of carbonyl (C=O) groups is 1. The van der Waals surface area contributed by atoms with Gasteiger partial charge in [0.1, 0.15) is 5.75 Å². The van der Waals surface area contributed by atoms with Gasteiger partial charge in [0.2, 0.25) is 11.9 Å². The second-order valence-corrected chi connectivity index (χ2v) is 7.47. The van der Waals surface area contributed by atoms with Crippen LogP contribution in [0.5, 0.6) is 5.75 Å². The third kappa shape index (κ3) is 4.37. The molecular weight excluding hydrogens is 376 g/mol. The number of amides is 1. The van der Waals surface area contributed by atoms with Crippen molar-refractivity contribution in [3.05, 3.63) is 36.7 Å². The standard InChI is InChI=1S/C19H22N6O2S/c1-2-27-14-4-5-15-16(12-14)28-19(22-15)23-17(26)13-24-8-10-25(11-9-24)18-20-6-3-7-21-18/h3-7,12H,2,8-11,13H2,1H3,(H,22,23,26). The predicted molar refractivity (Wildman–Crippen MR) is 110 cm³/mol. The molecule has 4 rings (SSSR count). The molecule has 3 aromatic rings. The number of hydrogen-bond acceptors (Lipinski definition) is 8. The summed E-state index contributed by atoms with van der Waals surface area (Å²) in [5.74, 6) is 1.51. The number of benzene rings is 1. The summed E-state index contributed by atoms with van der Waals surface area (Å²) in [4.78, 5) is 29.8. The van der Waals surface area contributed by atoms with Gasteiger partial charge in [-0.25, -0.2) is 15.0 Å². The minimum Gasteiger partial charge on any atom is -0.494 e. The topological polar surface area (TPSA) is 83.5 Å². The molecule has 1 aliphatic rings. The molecule has 8 nitrogen and oxygen atoms in total. The van der Waals surface area contributed by atoms with E-state index in [4.69, 9.17) is 4.74 Å². The van der Waals surface area contributed by atoms with E-state index in [0.717, 1.165) is 48.1 Å². The molecule has 0 saturated carbocycles. The van der Waals surface area contributed by atoms with Crippen LogP contribution >= 0.6 is 11.3 Å². The Morgan fingerprint density at radius 2 is 2.00 bits per heavy atom. The Balaban J connectivity index is 1.30. The first-order valence-corrected chi connectivity index (χ1v) is 10.1. The van der Waals surface area contributed by atoms with Crippen molar-refractivity contribution in [3.63, 3.8) is 0 Å². The van der Waals surface area contributed by atoms with Crippen LogP contribution in [0, 0.1) is 0 Å². The van der Waals surface area contributed by atoms with E-state index in [1.807, 2.05) is 31.2 Å². The first-order chi connectivity index (χ1) is 13.7. The number of piperazine rings is 1. The Kier molecular flexibility index (Phi) is 5.63. The van der Waals surface area contributed by atoms with Gasteiger partial charge in [0.15, 0.2) is 5.13 Å². The summed E-state index contributed by atoms with van der Waals surface area (Å²) >= 11 is 1.46. The van der Waals surface area contributed by atoms with Crippen molar-refractivity contribution in [2.24, 2.45) is 0 Å². The smallest absolute Gasteiger partial charge is 0.240 e. The first kappa shape index (κ1) is 18.6. The largest absolute Gasteiger partial charge is 0.494 e. The van der Waals surface area contributed by atoms with Crippen LogP contribution in [0.25, 0.3) is 10.2 Å².